The first kappa shape index (κ1) is 16.0. The number of aryl methyl sites for hydroxylation is 2. The van der Waals surface area contributed by atoms with Crippen LogP contribution in [0.25, 0.3) is 0 Å². The first-order valence-corrected chi connectivity index (χ1v) is 8.92. The molecule has 1 aromatic rings. The summed E-state index contributed by atoms with van der Waals surface area (Å²) >= 11 is 0. The maximum atomic E-state index is 10.2. The van der Waals surface area contributed by atoms with Gasteiger partial charge in [0.05, 0.1) is 6.10 Å². The standard InChI is InChI=1S/C19H30N2O/c1-2-19(22)17-10-18(20)13-21(12-17)11-14-7-8-15-5-3-4-6-16(15)9-14/h7-9,17-19,22H,2-6,10-13,20H2,1H3. The Kier molecular flexibility index (Phi) is 5.17. The highest BCUT2D eigenvalue weighted by atomic mass is 16.3. The molecule has 2 aliphatic rings. The number of hydrogen-bond donors (Lipinski definition) is 2. The van der Waals surface area contributed by atoms with Crippen molar-refractivity contribution in [2.24, 2.45) is 11.7 Å². The predicted octanol–water partition coefficient (Wildman–Crippen LogP) is 2.49. The van der Waals surface area contributed by atoms with E-state index in [2.05, 4.69) is 30.0 Å². The molecule has 0 saturated carbocycles. The second kappa shape index (κ2) is 7.12. The van der Waals surface area contributed by atoms with Crippen molar-refractivity contribution < 1.29 is 5.11 Å². The summed E-state index contributed by atoms with van der Waals surface area (Å²) in [6.45, 7) is 4.94. The highest BCUT2D eigenvalue weighted by Gasteiger charge is 2.29. The number of benzene rings is 1. The van der Waals surface area contributed by atoms with Crippen LogP contribution in [0.3, 0.4) is 0 Å². The Balaban J connectivity index is 1.66. The smallest absolute Gasteiger partial charge is 0.0578 e. The van der Waals surface area contributed by atoms with Gasteiger partial charge in [0.1, 0.15) is 0 Å². The fourth-order valence-electron chi connectivity index (χ4n) is 4.16. The number of rotatable bonds is 4. The van der Waals surface area contributed by atoms with E-state index in [4.69, 9.17) is 5.73 Å². The summed E-state index contributed by atoms with van der Waals surface area (Å²) in [5.41, 5.74) is 10.7. The van der Waals surface area contributed by atoms with Crippen molar-refractivity contribution in [2.75, 3.05) is 13.1 Å². The lowest BCUT2D eigenvalue weighted by molar-refractivity contribution is 0.0387. The Labute approximate surface area is 134 Å². The largest absolute Gasteiger partial charge is 0.393 e. The highest BCUT2D eigenvalue weighted by molar-refractivity contribution is 5.33. The average molecular weight is 302 g/mol. The number of nitrogens with zero attached hydrogens (tertiary/aromatic N) is 1. The molecule has 1 fully saturated rings. The molecule has 1 saturated heterocycles. The van der Waals surface area contributed by atoms with E-state index in [1.165, 1.54) is 31.2 Å². The quantitative estimate of drug-likeness (QED) is 0.898. The van der Waals surface area contributed by atoms with Crippen molar-refractivity contribution in [1.82, 2.24) is 4.90 Å². The van der Waals surface area contributed by atoms with Crippen molar-refractivity contribution in [3.8, 4) is 0 Å². The van der Waals surface area contributed by atoms with E-state index >= 15 is 0 Å². The molecule has 22 heavy (non-hydrogen) atoms. The SMILES string of the molecule is CCC(O)C1CC(N)CN(Cc2ccc3c(c2)CCCC3)C1. The first-order valence-electron chi connectivity index (χ1n) is 8.92. The number of hydrogen-bond acceptors (Lipinski definition) is 3. The Bertz CT molecular complexity index is 502. The van der Waals surface area contributed by atoms with E-state index < -0.39 is 0 Å². The molecule has 3 rings (SSSR count). The summed E-state index contributed by atoms with van der Waals surface area (Å²) in [7, 11) is 0. The summed E-state index contributed by atoms with van der Waals surface area (Å²) < 4.78 is 0. The van der Waals surface area contributed by atoms with Crippen LogP contribution < -0.4 is 5.73 Å². The summed E-state index contributed by atoms with van der Waals surface area (Å²) in [5, 5.41) is 10.2. The van der Waals surface area contributed by atoms with E-state index in [-0.39, 0.29) is 12.1 Å². The van der Waals surface area contributed by atoms with Gasteiger partial charge in [-0.05, 0) is 61.1 Å². The van der Waals surface area contributed by atoms with E-state index in [9.17, 15) is 5.11 Å². The zero-order chi connectivity index (χ0) is 15.5. The molecule has 3 N–H and O–H groups in total. The molecular formula is C19H30N2O. The molecule has 3 unspecified atom stereocenters. The molecule has 0 radical (unpaired) electrons. The van der Waals surface area contributed by atoms with Gasteiger partial charge in [0.2, 0.25) is 0 Å². The van der Waals surface area contributed by atoms with E-state index in [1.54, 1.807) is 11.1 Å². The fraction of sp³-hybridized carbons (Fsp3) is 0.684. The molecule has 1 aromatic carbocycles. The number of piperidine rings is 1. The Morgan fingerprint density at radius 1 is 1.23 bits per heavy atom. The van der Waals surface area contributed by atoms with Crippen molar-refractivity contribution in [2.45, 2.75) is 64.1 Å². The molecule has 122 valence electrons. The predicted molar refractivity (Wildman–Crippen MR) is 90.7 cm³/mol. The van der Waals surface area contributed by atoms with E-state index in [0.29, 0.717) is 5.92 Å². The Hall–Kier alpha value is -0.900. The van der Waals surface area contributed by atoms with Gasteiger partial charge < -0.3 is 10.8 Å². The van der Waals surface area contributed by atoms with Crippen LogP contribution in [0.1, 0.15) is 49.3 Å². The van der Waals surface area contributed by atoms with Crippen LogP contribution in [0.15, 0.2) is 18.2 Å². The zero-order valence-corrected chi connectivity index (χ0v) is 13.8. The van der Waals surface area contributed by atoms with Crippen molar-refractivity contribution in [3.05, 3.63) is 34.9 Å². The molecule has 1 aliphatic heterocycles. The normalized spacial score (nSPS) is 27.4. The van der Waals surface area contributed by atoms with Gasteiger partial charge in [-0.25, -0.2) is 0 Å². The van der Waals surface area contributed by atoms with Gasteiger partial charge in [-0.3, -0.25) is 4.90 Å². The van der Waals surface area contributed by atoms with Gasteiger partial charge in [-0.1, -0.05) is 25.1 Å². The summed E-state index contributed by atoms with van der Waals surface area (Å²) in [6, 6.07) is 7.21. The molecule has 0 bridgehead atoms. The topological polar surface area (TPSA) is 49.5 Å². The molecule has 0 amide bonds. The highest BCUT2D eigenvalue weighted by Crippen LogP contribution is 2.25. The van der Waals surface area contributed by atoms with Gasteiger partial charge in [0.15, 0.2) is 0 Å². The van der Waals surface area contributed by atoms with Gasteiger partial charge in [-0.15, -0.1) is 0 Å². The lowest BCUT2D eigenvalue weighted by atomic mass is 9.88. The van der Waals surface area contributed by atoms with Gasteiger partial charge >= 0.3 is 0 Å². The molecule has 3 nitrogen and oxygen atoms in total. The molecule has 0 aromatic heterocycles. The van der Waals surface area contributed by atoms with E-state index in [1.807, 2.05) is 0 Å². The fourth-order valence-corrected chi connectivity index (χ4v) is 4.16. The molecule has 0 spiro atoms. The third-order valence-corrected chi connectivity index (χ3v) is 5.37. The van der Waals surface area contributed by atoms with Crippen molar-refractivity contribution >= 4 is 0 Å². The number of nitrogens with two attached hydrogens (primary N) is 1. The minimum absolute atomic E-state index is 0.192. The monoisotopic (exact) mass is 302 g/mol. The number of likely N-dealkylation sites (tertiary alicyclic amines) is 1. The zero-order valence-electron chi connectivity index (χ0n) is 13.8. The summed E-state index contributed by atoms with van der Waals surface area (Å²) in [6.07, 6.45) is 6.71. The van der Waals surface area contributed by atoms with Gasteiger partial charge in [0, 0.05) is 25.7 Å². The Morgan fingerprint density at radius 3 is 2.77 bits per heavy atom. The Morgan fingerprint density at radius 2 is 2.00 bits per heavy atom. The van der Waals surface area contributed by atoms with Crippen LogP contribution in [0.2, 0.25) is 0 Å². The van der Waals surface area contributed by atoms with Crippen LogP contribution in [0.5, 0.6) is 0 Å². The molecule has 3 atom stereocenters. The minimum Gasteiger partial charge on any atom is -0.393 e. The van der Waals surface area contributed by atoms with Crippen LogP contribution in [-0.2, 0) is 19.4 Å². The lowest BCUT2D eigenvalue weighted by Crippen LogP contribution is -2.49. The molecule has 3 heteroatoms. The molecular weight excluding hydrogens is 272 g/mol. The third kappa shape index (κ3) is 3.70. The van der Waals surface area contributed by atoms with Gasteiger partial charge in [-0.2, -0.15) is 0 Å². The van der Waals surface area contributed by atoms with Crippen molar-refractivity contribution in [3.63, 3.8) is 0 Å². The van der Waals surface area contributed by atoms with Crippen molar-refractivity contribution in [1.29, 1.82) is 0 Å². The third-order valence-electron chi connectivity index (χ3n) is 5.37. The van der Waals surface area contributed by atoms with Crippen LogP contribution >= 0.6 is 0 Å². The summed E-state index contributed by atoms with van der Waals surface area (Å²) in [5.74, 6) is 0.325. The number of fused-ring (bicyclic) bond motifs is 1. The van der Waals surface area contributed by atoms with Gasteiger partial charge in [0.25, 0.3) is 0 Å². The second-order valence-corrected chi connectivity index (χ2v) is 7.24. The maximum absolute atomic E-state index is 10.2. The van der Waals surface area contributed by atoms with Crippen LogP contribution in [-0.4, -0.2) is 35.2 Å². The van der Waals surface area contributed by atoms with E-state index in [0.717, 1.165) is 32.5 Å². The number of aliphatic hydroxyl groups excluding tert-OH is 1. The maximum Gasteiger partial charge on any atom is 0.0578 e. The number of aliphatic hydroxyl groups is 1. The van der Waals surface area contributed by atoms with Crippen LogP contribution in [0, 0.1) is 5.92 Å². The lowest BCUT2D eigenvalue weighted by Gasteiger charge is -2.38. The molecule has 1 aliphatic carbocycles. The minimum atomic E-state index is -0.211. The molecule has 1 heterocycles. The second-order valence-electron chi connectivity index (χ2n) is 7.24. The average Bonchev–Trinajstić information content (AvgIpc) is 2.53. The first-order chi connectivity index (χ1) is 10.7. The van der Waals surface area contributed by atoms with Crippen LogP contribution in [0.4, 0.5) is 0 Å². The summed E-state index contributed by atoms with van der Waals surface area (Å²) in [4.78, 5) is 2.43.